The van der Waals surface area contributed by atoms with E-state index in [1.807, 2.05) is 38.1 Å². The Kier molecular flexibility index (Phi) is 7.73. The monoisotopic (exact) mass is 444 g/mol. The fourth-order valence-electron chi connectivity index (χ4n) is 3.64. The van der Waals surface area contributed by atoms with Gasteiger partial charge in [0.2, 0.25) is 10.0 Å². The fraction of sp³-hybridized carbons (Fsp3) is 0.458. The Balaban J connectivity index is 1.68. The Morgan fingerprint density at radius 3 is 2.32 bits per heavy atom. The number of sulfonamides is 1. The normalized spacial score (nSPS) is 16.4. The number of amides is 1. The Morgan fingerprint density at radius 1 is 1.03 bits per heavy atom. The molecular formula is C24H32N2O4S. The lowest BCUT2D eigenvalue weighted by atomic mass is 10.1. The number of nitrogens with zero attached hydrogens (tertiary/aromatic N) is 1. The van der Waals surface area contributed by atoms with Gasteiger partial charge >= 0.3 is 0 Å². The quantitative estimate of drug-likeness (QED) is 0.699. The van der Waals surface area contributed by atoms with Crippen LogP contribution in [0, 0.1) is 13.8 Å². The molecule has 0 bridgehead atoms. The van der Waals surface area contributed by atoms with Crippen molar-refractivity contribution in [3.05, 3.63) is 59.2 Å². The maximum Gasteiger partial charge on any atom is 0.251 e. The van der Waals surface area contributed by atoms with Crippen LogP contribution in [0.1, 0.15) is 54.1 Å². The average Bonchev–Trinajstić information content (AvgIpc) is 3.03. The van der Waals surface area contributed by atoms with Crippen molar-refractivity contribution in [3.8, 4) is 5.75 Å². The average molecular weight is 445 g/mol. The van der Waals surface area contributed by atoms with Crippen LogP contribution in [0.25, 0.3) is 0 Å². The molecule has 1 saturated heterocycles. The molecule has 31 heavy (non-hydrogen) atoms. The summed E-state index contributed by atoms with van der Waals surface area (Å²) in [5, 5.41) is 2.89. The van der Waals surface area contributed by atoms with E-state index in [0.717, 1.165) is 37.0 Å². The van der Waals surface area contributed by atoms with Crippen molar-refractivity contribution in [2.45, 2.75) is 57.4 Å². The first-order valence-corrected chi connectivity index (χ1v) is 12.3. The van der Waals surface area contributed by atoms with Crippen molar-refractivity contribution in [2.75, 3.05) is 19.7 Å². The van der Waals surface area contributed by atoms with E-state index in [4.69, 9.17) is 4.74 Å². The van der Waals surface area contributed by atoms with Crippen LogP contribution in [-0.2, 0) is 10.0 Å². The van der Waals surface area contributed by atoms with E-state index in [0.29, 0.717) is 30.8 Å². The van der Waals surface area contributed by atoms with Crippen LogP contribution in [0.3, 0.4) is 0 Å². The van der Waals surface area contributed by atoms with Crippen LogP contribution in [0.15, 0.2) is 47.4 Å². The molecular weight excluding hydrogens is 412 g/mol. The Bertz CT molecular complexity index is 995. The maximum atomic E-state index is 13.2. The third-order valence-corrected chi connectivity index (χ3v) is 7.57. The number of benzene rings is 2. The highest BCUT2D eigenvalue weighted by Crippen LogP contribution is 2.24. The minimum Gasteiger partial charge on any atom is -0.491 e. The number of aryl methyl sites for hydroxylation is 2. The van der Waals surface area contributed by atoms with Gasteiger partial charge in [0, 0.05) is 18.7 Å². The Hall–Kier alpha value is -2.38. The maximum absolute atomic E-state index is 13.2. The van der Waals surface area contributed by atoms with Crippen LogP contribution in [0.2, 0.25) is 0 Å². The number of ether oxygens (including phenoxy) is 1. The highest BCUT2D eigenvalue weighted by atomic mass is 32.2. The summed E-state index contributed by atoms with van der Waals surface area (Å²) >= 11 is 0. The van der Waals surface area contributed by atoms with E-state index in [-0.39, 0.29) is 16.8 Å². The van der Waals surface area contributed by atoms with Gasteiger partial charge in [-0.1, -0.05) is 36.6 Å². The predicted octanol–water partition coefficient (Wildman–Crippen LogP) is 4.07. The zero-order valence-corrected chi connectivity index (χ0v) is 19.4. The minimum absolute atomic E-state index is 0.214. The van der Waals surface area contributed by atoms with E-state index < -0.39 is 10.0 Å². The second kappa shape index (κ2) is 10.3. The van der Waals surface area contributed by atoms with E-state index in [1.165, 1.54) is 6.07 Å². The SMILES string of the molecule is Cc1ccc(OCC(C)NC(=O)c2ccc(C)c(S(=O)(=O)N3CCCCCC3)c2)cc1. The van der Waals surface area contributed by atoms with Gasteiger partial charge in [-0.2, -0.15) is 4.31 Å². The van der Waals surface area contributed by atoms with Crippen LogP contribution >= 0.6 is 0 Å². The Labute approximate surface area is 185 Å². The van der Waals surface area contributed by atoms with Gasteiger partial charge in [-0.05, 0) is 63.4 Å². The first-order valence-electron chi connectivity index (χ1n) is 10.9. The summed E-state index contributed by atoms with van der Waals surface area (Å²) in [6, 6.07) is 12.4. The third kappa shape index (κ3) is 6.08. The summed E-state index contributed by atoms with van der Waals surface area (Å²) in [5.41, 5.74) is 2.14. The highest BCUT2D eigenvalue weighted by Gasteiger charge is 2.27. The molecule has 168 valence electrons. The number of hydrogen-bond acceptors (Lipinski definition) is 4. The van der Waals surface area contributed by atoms with Crippen molar-refractivity contribution in [3.63, 3.8) is 0 Å². The largest absolute Gasteiger partial charge is 0.491 e. The summed E-state index contributed by atoms with van der Waals surface area (Å²) in [6.07, 6.45) is 3.85. The van der Waals surface area contributed by atoms with Gasteiger partial charge in [-0.25, -0.2) is 8.42 Å². The lowest BCUT2D eigenvalue weighted by Gasteiger charge is -2.21. The summed E-state index contributed by atoms with van der Waals surface area (Å²) in [6.45, 7) is 7.02. The fourth-order valence-corrected chi connectivity index (χ4v) is 5.41. The molecule has 1 aliphatic rings. The summed E-state index contributed by atoms with van der Waals surface area (Å²) < 4.78 is 33.7. The van der Waals surface area contributed by atoms with E-state index in [9.17, 15) is 13.2 Å². The van der Waals surface area contributed by atoms with E-state index in [2.05, 4.69) is 5.32 Å². The molecule has 7 heteroatoms. The second-order valence-electron chi connectivity index (χ2n) is 8.30. The van der Waals surface area contributed by atoms with Crippen LogP contribution in [0.5, 0.6) is 5.75 Å². The molecule has 1 atom stereocenters. The molecule has 0 spiro atoms. The standard InChI is InChI=1S/C24H32N2O4S/c1-18-8-12-22(13-9-18)30-17-20(3)25-24(27)21-11-10-19(2)23(16-21)31(28,29)26-14-6-4-5-7-15-26/h8-13,16,20H,4-7,14-15,17H2,1-3H3,(H,25,27). The molecule has 6 nitrogen and oxygen atoms in total. The lowest BCUT2D eigenvalue weighted by Crippen LogP contribution is -2.37. The summed E-state index contributed by atoms with van der Waals surface area (Å²) in [7, 11) is -3.62. The van der Waals surface area contributed by atoms with Crippen molar-refractivity contribution in [1.29, 1.82) is 0 Å². The molecule has 1 fully saturated rings. The molecule has 0 radical (unpaired) electrons. The second-order valence-corrected chi connectivity index (χ2v) is 10.2. The summed E-state index contributed by atoms with van der Waals surface area (Å²) in [4.78, 5) is 13.0. The topological polar surface area (TPSA) is 75.7 Å². The van der Waals surface area contributed by atoms with Gasteiger partial charge in [-0.3, -0.25) is 4.79 Å². The van der Waals surface area contributed by atoms with Crippen LogP contribution < -0.4 is 10.1 Å². The van der Waals surface area contributed by atoms with E-state index in [1.54, 1.807) is 23.4 Å². The minimum atomic E-state index is -3.62. The number of carbonyl (C=O) groups excluding carboxylic acids is 1. The van der Waals surface area contributed by atoms with Gasteiger partial charge in [0.05, 0.1) is 10.9 Å². The van der Waals surface area contributed by atoms with Gasteiger partial charge in [-0.15, -0.1) is 0 Å². The molecule has 1 aliphatic heterocycles. The number of rotatable bonds is 7. The van der Waals surface area contributed by atoms with Gasteiger partial charge in [0.25, 0.3) is 5.91 Å². The highest BCUT2D eigenvalue weighted by molar-refractivity contribution is 7.89. The lowest BCUT2D eigenvalue weighted by molar-refractivity contribution is 0.0926. The zero-order chi connectivity index (χ0) is 22.4. The molecule has 0 saturated carbocycles. The smallest absolute Gasteiger partial charge is 0.251 e. The predicted molar refractivity (Wildman–Crippen MR) is 122 cm³/mol. The van der Waals surface area contributed by atoms with Crippen molar-refractivity contribution in [2.24, 2.45) is 0 Å². The molecule has 0 aliphatic carbocycles. The molecule has 2 aromatic carbocycles. The number of hydrogen-bond donors (Lipinski definition) is 1. The molecule has 3 rings (SSSR count). The molecule has 1 unspecified atom stereocenters. The molecule has 1 amide bonds. The summed E-state index contributed by atoms with van der Waals surface area (Å²) in [5.74, 6) is 0.431. The van der Waals surface area contributed by atoms with Crippen LogP contribution in [0.4, 0.5) is 0 Å². The van der Waals surface area contributed by atoms with E-state index >= 15 is 0 Å². The van der Waals surface area contributed by atoms with Crippen molar-refractivity contribution in [1.82, 2.24) is 9.62 Å². The number of carbonyl (C=O) groups is 1. The molecule has 2 aromatic rings. The number of nitrogens with one attached hydrogen (secondary N) is 1. The van der Waals surface area contributed by atoms with Gasteiger partial charge < -0.3 is 10.1 Å². The Morgan fingerprint density at radius 2 is 1.68 bits per heavy atom. The third-order valence-electron chi connectivity index (χ3n) is 5.53. The molecule has 1 N–H and O–H groups in total. The van der Waals surface area contributed by atoms with Gasteiger partial charge in [0.1, 0.15) is 12.4 Å². The van der Waals surface area contributed by atoms with Crippen molar-refractivity contribution < 1.29 is 17.9 Å². The van der Waals surface area contributed by atoms with Gasteiger partial charge in [0.15, 0.2) is 0 Å². The molecule has 1 heterocycles. The molecule has 0 aromatic heterocycles. The van der Waals surface area contributed by atoms with Crippen LogP contribution in [-0.4, -0.2) is 44.4 Å². The first kappa shape index (κ1) is 23.3. The van der Waals surface area contributed by atoms with Crippen molar-refractivity contribution >= 4 is 15.9 Å². The zero-order valence-electron chi connectivity index (χ0n) is 18.6. The first-order chi connectivity index (χ1) is 14.8.